The van der Waals surface area contributed by atoms with Crippen LogP contribution in [0.5, 0.6) is 0 Å². The number of hydrogen-bond acceptors (Lipinski definition) is 1. The Morgan fingerprint density at radius 1 is 1.27 bits per heavy atom. The van der Waals surface area contributed by atoms with Crippen LogP contribution < -0.4 is 5.32 Å². The highest BCUT2D eigenvalue weighted by Crippen LogP contribution is 2.27. The molecule has 0 spiro atoms. The molecule has 0 unspecified atom stereocenters. The number of rotatable bonds is 4. The first-order valence-corrected chi connectivity index (χ1v) is 6.15. The average molecular weight is 203 g/mol. The maximum atomic E-state index is 3.51. The SMILES string of the molecule is Cc1cccc(NCCC2CCCC2)c1. The molecule has 1 fully saturated rings. The third kappa shape index (κ3) is 3.26. The van der Waals surface area contributed by atoms with Gasteiger partial charge in [-0.25, -0.2) is 0 Å². The van der Waals surface area contributed by atoms with Gasteiger partial charge >= 0.3 is 0 Å². The zero-order valence-electron chi connectivity index (χ0n) is 9.63. The van der Waals surface area contributed by atoms with Crippen molar-refractivity contribution in [2.75, 3.05) is 11.9 Å². The number of benzene rings is 1. The maximum absolute atomic E-state index is 3.51. The standard InChI is InChI=1S/C14H21N/c1-12-5-4-8-14(11-12)15-10-9-13-6-2-3-7-13/h4-5,8,11,13,15H,2-3,6-7,9-10H2,1H3. The lowest BCUT2D eigenvalue weighted by atomic mass is 10.0. The van der Waals surface area contributed by atoms with Crippen molar-refractivity contribution in [3.05, 3.63) is 29.8 Å². The van der Waals surface area contributed by atoms with Gasteiger partial charge in [0, 0.05) is 12.2 Å². The summed E-state index contributed by atoms with van der Waals surface area (Å²) < 4.78 is 0. The van der Waals surface area contributed by atoms with E-state index < -0.39 is 0 Å². The van der Waals surface area contributed by atoms with E-state index in [1.807, 2.05) is 0 Å². The van der Waals surface area contributed by atoms with Crippen LogP contribution in [0.1, 0.15) is 37.7 Å². The average Bonchev–Trinajstić information content (AvgIpc) is 2.71. The van der Waals surface area contributed by atoms with Crippen molar-refractivity contribution in [3.8, 4) is 0 Å². The Morgan fingerprint density at radius 3 is 2.80 bits per heavy atom. The molecule has 2 rings (SSSR count). The Hall–Kier alpha value is -0.980. The van der Waals surface area contributed by atoms with Crippen LogP contribution >= 0.6 is 0 Å². The molecule has 1 aromatic carbocycles. The normalized spacial score (nSPS) is 16.9. The molecule has 0 amide bonds. The molecule has 15 heavy (non-hydrogen) atoms. The minimum Gasteiger partial charge on any atom is -0.385 e. The molecule has 1 aromatic rings. The Bertz CT molecular complexity index is 300. The van der Waals surface area contributed by atoms with Crippen molar-refractivity contribution in [2.45, 2.75) is 39.0 Å². The number of hydrogen-bond donors (Lipinski definition) is 1. The number of aryl methyl sites for hydroxylation is 1. The molecule has 1 saturated carbocycles. The molecular formula is C14H21N. The van der Waals surface area contributed by atoms with Crippen LogP contribution in [0.2, 0.25) is 0 Å². The molecule has 1 aliphatic rings. The first kappa shape index (κ1) is 10.5. The lowest BCUT2D eigenvalue weighted by Crippen LogP contribution is -2.06. The molecule has 0 heterocycles. The summed E-state index contributed by atoms with van der Waals surface area (Å²) in [6, 6.07) is 8.63. The van der Waals surface area contributed by atoms with E-state index in [9.17, 15) is 0 Å². The summed E-state index contributed by atoms with van der Waals surface area (Å²) in [6.45, 7) is 3.27. The second-order valence-corrected chi connectivity index (χ2v) is 4.74. The lowest BCUT2D eigenvalue weighted by molar-refractivity contribution is 0.518. The van der Waals surface area contributed by atoms with Crippen molar-refractivity contribution in [1.29, 1.82) is 0 Å². The summed E-state index contributed by atoms with van der Waals surface area (Å²) in [5, 5.41) is 3.51. The van der Waals surface area contributed by atoms with Gasteiger partial charge in [0.1, 0.15) is 0 Å². The Balaban J connectivity index is 1.73. The fraction of sp³-hybridized carbons (Fsp3) is 0.571. The van der Waals surface area contributed by atoms with Crippen molar-refractivity contribution in [1.82, 2.24) is 0 Å². The molecule has 0 atom stereocenters. The minimum atomic E-state index is 0.988. The van der Waals surface area contributed by atoms with Gasteiger partial charge in [-0.15, -0.1) is 0 Å². The Morgan fingerprint density at radius 2 is 2.07 bits per heavy atom. The van der Waals surface area contributed by atoms with E-state index in [0.717, 1.165) is 12.5 Å². The van der Waals surface area contributed by atoms with Crippen LogP contribution in [0.15, 0.2) is 24.3 Å². The first-order valence-electron chi connectivity index (χ1n) is 6.15. The maximum Gasteiger partial charge on any atom is 0.0342 e. The minimum absolute atomic E-state index is 0.988. The summed E-state index contributed by atoms with van der Waals surface area (Å²) in [4.78, 5) is 0. The summed E-state index contributed by atoms with van der Waals surface area (Å²) >= 11 is 0. The highest BCUT2D eigenvalue weighted by molar-refractivity contribution is 5.45. The van der Waals surface area contributed by atoms with Gasteiger partial charge in [-0.2, -0.15) is 0 Å². The lowest BCUT2D eigenvalue weighted by Gasteiger charge is -2.11. The molecule has 1 aliphatic carbocycles. The van der Waals surface area contributed by atoms with E-state index in [4.69, 9.17) is 0 Å². The molecule has 0 saturated heterocycles. The first-order chi connectivity index (χ1) is 7.34. The van der Waals surface area contributed by atoms with Crippen LogP contribution in [-0.2, 0) is 0 Å². The summed E-state index contributed by atoms with van der Waals surface area (Å²) in [7, 11) is 0. The molecular weight excluding hydrogens is 182 g/mol. The Kier molecular flexibility index (Phi) is 3.65. The van der Waals surface area contributed by atoms with Crippen molar-refractivity contribution in [3.63, 3.8) is 0 Å². The second kappa shape index (κ2) is 5.20. The molecule has 82 valence electrons. The van der Waals surface area contributed by atoms with E-state index in [2.05, 4.69) is 36.5 Å². The molecule has 0 aromatic heterocycles. The van der Waals surface area contributed by atoms with Gasteiger partial charge in [0.05, 0.1) is 0 Å². The number of nitrogens with one attached hydrogen (secondary N) is 1. The zero-order valence-corrected chi connectivity index (χ0v) is 9.63. The highest BCUT2D eigenvalue weighted by Gasteiger charge is 2.13. The highest BCUT2D eigenvalue weighted by atomic mass is 14.9. The smallest absolute Gasteiger partial charge is 0.0342 e. The van der Waals surface area contributed by atoms with E-state index in [1.54, 1.807) is 0 Å². The molecule has 1 nitrogen and oxygen atoms in total. The monoisotopic (exact) mass is 203 g/mol. The molecule has 1 N–H and O–H groups in total. The van der Waals surface area contributed by atoms with Gasteiger partial charge in [-0.05, 0) is 37.0 Å². The van der Waals surface area contributed by atoms with Gasteiger partial charge in [-0.3, -0.25) is 0 Å². The third-order valence-corrected chi connectivity index (χ3v) is 3.37. The molecule has 1 heteroatoms. The largest absolute Gasteiger partial charge is 0.385 e. The van der Waals surface area contributed by atoms with Gasteiger partial charge in [0.2, 0.25) is 0 Å². The quantitative estimate of drug-likeness (QED) is 0.780. The van der Waals surface area contributed by atoms with Gasteiger partial charge in [0.25, 0.3) is 0 Å². The van der Waals surface area contributed by atoms with Crippen LogP contribution in [0.4, 0.5) is 5.69 Å². The molecule has 0 bridgehead atoms. The predicted molar refractivity (Wildman–Crippen MR) is 66.2 cm³/mol. The predicted octanol–water partition coefficient (Wildman–Crippen LogP) is 3.99. The summed E-state index contributed by atoms with van der Waals surface area (Å²) in [6.07, 6.45) is 7.16. The van der Waals surface area contributed by atoms with E-state index in [1.165, 1.54) is 43.4 Å². The van der Waals surface area contributed by atoms with Crippen LogP contribution in [0.25, 0.3) is 0 Å². The van der Waals surface area contributed by atoms with Gasteiger partial charge in [-0.1, -0.05) is 37.8 Å². The van der Waals surface area contributed by atoms with Crippen molar-refractivity contribution in [2.24, 2.45) is 5.92 Å². The fourth-order valence-electron chi connectivity index (χ4n) is 2.47. The third-order valence-electron chi connectivity index (χ3n) is 3.37. The summed E-state index contributed by atoms with van der Waals surface area (Å²) in [5.41, 5.74) is 2.61. The Labute approximate surface area is 92.9 Å². The number of anilines is 1. The topological polar surface area (TPSA) is 12.0 Å². The van der Waals surface area contributed by atoms with Crippen LogP contribution in [0.3, 0.4) is 0 Å². The molecule has 0 aliphatic heterocycles. The van der Waals surface area contributed by atoms with E-state index >= 15 is 0 Å². The van der Waals surface area contributed by atoms with Crippen molar-refractivity contribution < 1.29 is 0 Å². The van der Waals surface area contributed by atoms with Crippen molar-refractivity contribution >= 4 is 5.69 Å². The van der Waals surface area contributed by atoms with Crippen LogP contribution in [0, 0.1) is 12.8 Å². The van der Waals surface area contributed by atoms with E-state index in [-0.39, 0.29) is 0 Å². The van der Waals surface area contributed by atoms with Gasteiger partial charge < -0.3 is 5.32 Å². The second-order valence-electron chi connectivity index (χ2n) is 4.74. The fourth-order valence-corrected chi connectivity index (χ4v) is 2.47. The molecule has 0 radical (unpaired) electrons. The van der Waals surface area contributed by atoms with E-state index in [0.29, 0.717) is 0 Å². The van der Waals surface area contributed by atoms with Crippen LogP contribution in [-0.4, -0.2) is 6.54 Å². The summed E-state index contributed by atoms with van der Waals surface area (Å²) in [5.74, 6) is 0.988. The van der Waals surface area contributed by atoms with Gasteiger partial charge in [0.15, 0.2) is 0 Å². The zero-order chi connectivity index (χ0) is 10.5.